The molecule has 1 saturated heterocycles. The van der Waals surface area contributed by atoms with Crippen molar-refractivity contribution in [2.75, 3.05) is 26.7 Å². The molecule has 1 aliphatic heterocycles. The fourth-order valence-corrected chi connectivity index (χ4v) is 2.62. The van der Waals surface area contributed by atoms with Crippen molar-refractivity contribution in [3.63, 3.8) is 0 Å². The molecular weight excluding hydrogens is 266 g/mol. The number of phenolic OH excluding ortho intramolecular Hbond substituents is 1. The predicted octanol–water partition coefficient (Wildman–Crippen LogP) is 0.720. The molecular formula is C16H25N3O2. The normalized spacial score (nSPS) is 18.4. The van der Waals surface area contributed by atoms with E-state index in [4.69, 9.17) is 5.73 Å². The first kappa shape index (κ1) is 15.8. The summed E-state index contributed by atoms with van der Waals surface area (Å²) in [6.45, 7) is 2.91. The van der Waals surface area contributed by atoms with Gasteiger partial charge in [0.25, 0.3) is 0 Å². The standard InChI is InChI=1S/C16H25N3O2/c1-19-8-6-13(7-9-19)11-18-16(21)15(17)10-12-2-4-14(20)5-3-12/h2-5,13,15,20H,6-11,17H2,1H3,(H,18,21). The van der Waals surface area contributed by atoms with Gasteiger partial charge < -0.3 is 21.1 Å². The van der Waals surface area contributed by atoms with Crippen LogP contribution in [0.4, 0.5) is 0 Å². The van der Waals surface area contributed by atoms with Crippen LogP contribution in [0.3, 0.4) is 0 Å². The number of carbonyl (C=O) groups is 1. The zero-order chi connectivity index (χ0) is 15.2. The molecule has 0 aliphatic carbocycles. The van der Waals surface area contributed by atoms with E-state index in [1.165, 1.54) is 0 Å². The topological polar surface area (TPSA) is 78.6 Å². The lowest BCUT2D eigenvalue weighted by Gasteiger charge is -2.29. The minimum absolute atomic E-state index is 0.0954. The summed E-state index contributed by atoms with van der Waals surface area (Å²) < 4.78 is 0. The second-order valence-corrected chi connectivity index (χ2v) is 5.97. The predicted molar refractivity (Wildman–Crippen MR) is 83.0 cm³/mol. The zero-order valence-corrected chi connectivity index (χ0v) is 12.6. The first-order chi connectivity index (χ1) is 10.0. The van der Waals surface area contributed by atoms with Gasteiger partial charge in [-0.2, -0.15) is 0 Å². The maximum atomic E-state index is 12.0. The zero-order valence-electron chi connectivity index (χ0n) is 12.6. The molecule has 21 heavy (non-hydrogen) atoms. The first-order valence-corrected chi connectivity index (χ1v) is 7.54. The van der Waals surface area contributed by atoms with Crippen molar-refractivity contribution in [2.45, 2.75) is 25.3 Å². The Morgan fingerprint density at radius 1 is 1.38 bits per heavy atom. The molecule has 0 aromatic heterocycles. The molecule has 2 rings (SSSR count). The molecule has 5 heteroatoms. The van der Waals surface area contributed by atoms with Gasteiger partial charge in [0.2, 0.25) is 5.91 Å². The third-order valence-corrected chi connectivity index (χ3v) is 4.13. The molecule has 1 aliphatic rings. The Kier molecular flexibility index (Phi) is 5.59. The Hall–Kier alpha value is -1.59. The van der Waals surface area contributed by atoms with Crippen LogP contribution in [-0.4, -0.2) is 48.6 Å². The molecule has 1 atom stereocenters. The van der Waals surface area contributed by atoms with Gasteiger partial charge in [0.15, 0.2) is 0 Å². The van der Waals surface area contributed by atoms with Crippen LogP contribution in [0.25, 0.3) is 0 Å². The molecule has 1 unspecified atom stereocenters. The minimum Gasteiger partial charge on any atom is -0.508 e. The van der Waals surface area contributed by atoms with Crippen molar-refractivity contribution in [1.29, 1.82) is 0 Å². The van der Waals surface area contributed by atoms with Gasteiger partial charge in [-0.05, 0) is 63.0 Å². The largest absolute Gasteiger partial charge is 0.508 e. The van der Waals surface area contributed by atoms with Crippen molar-refractivity contribution in [2.24, 2.45) is 11.7 Å². The van der Waals surface area contributed by atoms with E-state index in [0.29, 0.717) is 12.3 Å². The van der Waals surface area contributed by atoms with Crippen molar-refractivity contribution < 1.29 is 9.90 Å². The van der Waals surface area contributed by atoms with Gasteiger partial charge in [-0.1, -0.05) is 12.1 Å². The van der Waals surface area contributed by atoms with Gasteiger partial charge >= 0.3 is 0 Å². The fraction of sp³-hybridized carbons (Fsp3) is 0.562. The number of likely N-dealkylation sites (tertiary alicyclic amines) is 1. The number of carbonyl (C=O) groups excluding carboxylic acids is 1. The van der Waals surface area contributed by atoms with E-state index in [9.17, 15) is 9.90 Å². The lowest BCUT2D eigenvalue weighted by molar-refractivity contribution is -0.122. The van der Waals surface area contributed by atoms with Gasteiger partial charge in [-0.25, -0.2) is 0 Å². The Bertz CT molecular complexity index is 453. The number of nitrogens with two attached hydrogens (primary N) is 1. The lowest BCUT2D eigenvalue weighted by Crippen LogP contribution is -2.45. The van der Waals surface area contributed by atoms with Crippen molar-refractivity contribution in [3.05, 3.63) is 29.8 Å². The summed E-state index contributed by atoms with van der Waals surface area (Å²) in [6.07, 6.45) is 2.74. The highest BCUT2D eigenvalue weighted by Gasteiger charge is 2.19. The molecule has 116 valence electrons. The highest BCUT2D eigenvalue weighted by atomic mass is 16.3. The van der Waals surface area contributed by atoms with Crippen molar-refractivity contribution in [1.82, 2.24) is 10.2 Å². The summed E-state index contributed by atoms with van der Waals surface area (Å²) in [5, 5.41) is 12.2. The number of nitrogens with zero attached hydrogens (tertiary/aromatic N) is 1. The van der Waals surface area contributed by atoms with E-state index in [-0.39, 0.29) is 11.7 Å². The highest BCUT2D eigenvalue weighted by Crippen LogP contribution is 2.15. The molecule has 5 nitrogen and oxygen atoms in total. The Balaban J connectivity index is 1.73. The Morgan fingerprint density at radius 2 is 2.00 bits per heavy atom. The molecule has 1 heterocycles. The molecule has 0 bridgehead atoms. The number of benzene rings is 1. The molecule has 1 aromatic rings. The summed E-state index contributed by atoms with van der Waals surface area (Å²) in [5.74, 6) is 0.687. The molecule has 1 aromatic carbocycles. The van der Waals surface area contributed by atoms with Gasteiger partial charge in [0, 0.05) is 6.54 Å². The minimum atomic E-state index is -0.541. The maximum absolute atomic E-state index is 12.0. The highest BCUT2D eigenvalue weighted by molar-refractivity contribution is 5.81. The number of phenols is 1. The van der Waals surface area contributed by atoms with Crippen LogP contribution in [0, 0.1) is 5.92 Å². The van der Waals surface area contributed by atoms with Crippen molar-refractivity contribution >= 4 is 5.91 Å². The van der Waals surface area contributed by atoms with E-state index in [1.54, 1.807) is 24.3 Å². The number of amides is 1. The van der Waals surface area contributed by atoms with Crippen LogP contribution in [0.15, 0.2) is 24.3 Å². The van der Waals surface area contributed by atoms with Crippen molar-refractivity contribution in [3.8, 4) is 5.75 Å². The maximum Gasteiger partial charge on any atom is 0.237 e. The third-order valence-electron chi connectivity index (χ3n) is 4.13. The molecule has 4 N–H and O–H groups in total. The monoisotopic (exact) mass is 291 g/mol. The number of hydrogen-bond acceptors (Lipinski definition) is 4. The summed E-state index contributed by atoms with van der Waals surface area (Å²) in [6, 6.07) is 6.26. The van der Waals surface area contributed by atoms with E-state index < -0.39 is 6.04 Å². The smallest absolute Gasteiger partial charge is 0.237 e. The number of rotatable bonds is 5. The van der Waals surface area contributed by atoms with Crippen LogP contribution in [0.2, 0.25) is 0 Å². The number of piperidine rings is 1. The van der Waals surface area contributed by atoms with Gasteiger partial charge in [0.05, 0.1) is 6.04 Å². The molecule has 0 radical (unpaired) electrons. The summed E-state index contributed by atoms with van der Waals surface area (Å²) in [4.78, 5) is 14.3. The molecule has 1 fully saturated rings. The average Bonchev–Trinajstić information content (AvgIpc) is 2.48. The Morgan fingerprint density at radius 3 is 2.62 bits per heavy atom. The van der Waals surface area contributed by atoms with Gasteiger partial charge in [0.1, 0.15) is 5.75 Å². The SMILES string of the molecule is CN1CCC(CNC(=O)C(N)Cc2ccc(O)cc2)CC1. The Labute approximate surface area is 126 Å². The van der Waals surface area contributed by atoms with Crippen LogP contribution in [0.1, 0.15) is 18.4 Å². The summed E-state index contributed by atoms with van der Waals surface area (Å²) >= 11 is 0. The van der Waals surface area contributed by atoms with Crippen LogP contribution in [-0.2, 0) is 11.2 Å². The molecule has 0 spiro atoms. The van der Waals surface area contributed by atoms with E-state index in [2.05, 4.69) is 17.3 Å². The number of nitrogens with one attached hydrogen (secondary N) is 1. The quantitative estimate of drug-likeness (QED) is 0.747. The van der Waals surface area contributed by atoms with Gasteiger partial charge in [-0.3, -0.25) is 4.79 Å². The summed E-state index contributed by atoms with van der Waals surface area (Å²) in [7, 11) is 2.13. The lowest BCUT2D eigenvalue weighted by atomic mass is 9.97. The molecule has 0 saturated carbocycles. The van der Waals surface area contributed by atoms with Gasteiger partial charge in [-0.15, -0.1) is 0 Å². The second kappa shape index (κ2) is 7.43. The molecule has 1 amide bonds. The second-order valence-electron chi connectivity index (χ2n) is 5.97. The van der Waals surface area contributed by atoms with Crippen LogP contribution in [0.5, 0.6) is 5.75 Å². The van der Waals surface area contributed by atoms with Crippen LogP contribution < -0.4 is 11.1 Å². The number of hydrogen-bond donors (Lipinski definition) is 3. The van der Waals surface area contributed by atoms with E-state index in [1.807, 2.05) is 0 Å². The first-order valence-electron chi connectivity index (χ1n) is 7.54. The van der Waals surface area contributed by atoms with E-state index >= 15 is 0 Å². The fourth-order valence-electron chi connectivity index (χ4n) is 2.62. The van der Waals surface area contributed by atoms with E-state index in [0.717, 1.165) is 38.0 Å². The number of aromatic hydroxyl groups is 1. The average molecular weight is 291 g/mol. The van der Waals surface area contributed by atoms with Crippen LogP contribution >= 0.6 is 0 Å². The third kappa shape index (κ3) is 5.02. The summed E-state index contributed by atoms with van der Waals surface area (Å²) in [5.41, 5.74) is 6.90.